The van der Waals surface area contributed by atoms with Gasteiger partial charge >= 0.3 is 5.97 Å². The average molecular weight is 307 g/mol. The number of fused-ring (bicyclic) bond motifs is 5. The van der Waals surface area contributed by atoms with Gasteiger partial charge in [-0.2, -0.15) is 0 Å². The van der Waals surface area contributed by atoms with Crippen LogP contribution in [0.15, 0.2) is 0 Å². The second-order valence-corrected chi connectivity index (χ2v) is 7.66. The lowest BCUT2D eigenvalue weighted by atomic mass is 9.70. The lowest BCUT2D eigenvalue weighted by Gasteiger charge is -2.35. The van der Waals surface area contributed by atoms with E-state index in [0.717, 1.165) is 36.0 Å². The summed E-state index contributed by atoms with van der Waals surface area (Å²) < 4.78 is 0. The van der Waals surface area contributed by atoms with Gasteiger partial charge in [-0.1, -0.05) is 26.7 Å². The van der Waals surface area contributed by atoms with E-state index in [1.54, 1.807) is 0 Å². The summed E-state index contributed by atoms with van der Waals surface area (Å²) >= 11 is 0. The molecule has 0 radical (unpaired) electrons. The van der Waals surface area contributed by atoms with E-state index in [4.69, 9.17) is 5.11 Å². The summed E-state index contributed by atoms with van der Waals surface area (Å²) in [5.74, 6) is 4.01. The van der Waals surface area contributed by atoms with E-state index >= 15 is 0 Å². The van der Waals surface area contributed by atoms with Gasteiger partial charge in [0.15, 0.2) is 0 Å². The molecule has 4 nitrogen and oxygen atoms in total. The molecule has 3 fully saturated rings. The lowest BCUT2D eigenvalue weighted by molar-refractivity contribution is -0.137. The highest BCUT2D eigenvalue weighted by Gasteiger charge is 2.60. The molecule has 2 bridgehead atoms. The number of aliphatic carboxylic acids is 1. The smallest absolute Gasteiger partial charge is 0.305 e. The number of carbonyl (C=O) groups is 2. The molecule has 0 heterocycles. The largest absolute Gasteiger partial charge is 0.481 e. The van der Waals surface area contributed by atoms with Gasteiger partial charge in [-0.05, 0) is 54.8 Å². The minimum Gasteiger partial charge on any atom is -0.481 e. The summed E-state index contributed by atoms with van der Waals surface area (Å²) in [5.41, 5.74) is 0. The predicted octanol–water partition coefficient (Wildman–Crippen LogP) is 2.92. The highest BCUT2D eigenvalue weighted by atomic mass is 16.4. The molecule has 0 aromatic heterocycles. The molecule has 0 aliphatic heterocycles. The summed E-state index contributed by atoms with van der Waals surface area (Å²) in [6, 6.07) is 0. The molecule has 2 N–H and O–H groups in total. The highest BCUT2D eigenvalue weighted by Crippen LogP contribution is 2.65. The number of nitrogens with one attached hydrogen (secondary N) is 1. The summed E-state index contributed by atoms with van der Waals surface area (Å²) in [4.78, 5) is 23.0. The molecule has 0 aromatic rings. The van der Waals surface area contributed by atoms with E-state index in [1.165, 1.54) is 25.7 Å². The second-order valence-electron chi connectivity index (χ2n) is 7.66. The molecule has 3 aliphatic carbocycles. The maximum absolute atomic E-state index is 12.4. The van der Waals surface area contributed by atoms with Crippen LogP contribution in [0.4, 0.5) is 0 Å². The molecule has 22 heavy (non-hydrogen) atoms. The van der Waals surface area contributed by atoms with Crippen LogP contribution in [-0.4, -0.2) is 23.5 Å². The van der Waals surface area contributed by atoms with Gasteiger partial charge in [-0.3, -0.25) is 9.59 Å². The van der Waals surface area contributed by atoms with Gasteiger partial charge in [0.2, 0.25) is 5.91 Å². The van der Waals surface area contributed by atoms with Crippen molar-refractivity contribution in [3.63, 3.8) is 0 Å². The molecule has 1 amide bonds. The van der Waals surface area contributed by atoms with Gasteiger partial charge in [-0.15, -0.1) is 0 Å². The molecule has 4 heteroatoms. The van der Waals surface area contributed by atoms with Crippen molar-refractivity contribution in [2.75, 3.05) is 6.54 Å². The Morgan fingerprint density at radius 1 is 1.05 bits per heavy atom. The van der Waals surface area contributed by atoms with E-state index in [2.05, 4.69) is 19.2 Å². The van der Waals surface area contributed by atoms with Crippen LogP contribution in [0.5, 0.6) is 0 Å². The van der Waals surface area contributed by atoms with Crippen molar-refractivity contribution in [3.8, 4) is 0 Å². The first-order chi connectivity index (χ1) is 10.6. The van der Waals surface area contributed by atoms with Crippen molar-refractivity contribution in [2.45, 2.75) is 52.4 Å². The van der Waals surface area contributed by atoms with Crippen molar-refractivity contribution in [3.05, 3.63) is 0 Å². The summed E-state index contributed by atoms with van der Waals surface area (Å²) in [6.07, 6.45) is 6.19. The van der Waals surface area contributed by atoms with E-state index < -0.39 is 5.97 Å². The van der Waals surface area contributed by atoms with Crippen molar-refractivity contribution in [1.82, 2.24) is 5.32 Å². The molecular formula is C18H29NO3. The number of carboxylic acids is 1. The fourth-order valence-electron chi connectivity index (χ4n) is 6.12. The lowest BCUT2D eigenvalue weighted by Crippen LogP contribution is -2.40. The van der Waals surface area contributed by atoms with Gasteiger partial charge in [-0.25, -0.2) is 0 Å². The normalized spacial score (nSPS) is 42.4. The van der Waals surface area contributed by atoms with Gasteiger partial charge in [0, 0.05) is 12.5 Å². The zero-order valence-corrected chi connectivity index (χ0v) is 13.8. The minimum absolute atomic E-state index is 0.0219. The van der Waals surface area contributed by atoms with Crippen LogP contribution >= 0.6 is 0 Å². The number of hydrogen-bond donors (Lipinski definition) is 2. The first kappa shape index (κ1) is 15.8. The van der Waals surface area contributed by atoms with Crippen LogP contribution in [0.25, 0.3) is 0 Å². The third-order valence-electron chi connectivity index (χ3n) is 6.85. The van der Waals surface area contributed by atoms with Crippen LogP contribution in [0.2, 0.25) is 0 Å². The van der Waals surface area contributed by atoms with Crippen LogP contribution in [0.1, 0.15) is 52.4 Å². The van der Waals surface area contributed by atoms with Crippen LogP contribution in [0.3, 0.4) is 0 Å². The standard InChI is InChI=1S/C18H29NO3/c1-3-10-7-11(4-2)17-13-8-12(16(10)17)9-14(13)18(22)19-6-5-15(20)21/h10-14,16-17H,3-9H2,1-2H3,(H,19,22)(H,20,21). The van der Waals surface area contributed by atoms with Crippen molar-refractivity contribution in [2.24, 2.45) is 41.4 Å². The molecule has 0 saturated heterocycles. The topological polar surface area (TPSA) is 66.4 Å². The molecule has 124 valence electrons. The molecule has 7 unspecified atom stereocenters. The molecule has 3 rings (SSSR count). The third kappa shape index (κ3) is 2.55. The molecule has 0 spiro atoms. The Hall–Kier alpha value is -1.06. The van der Waals surface area contributed by atoms with Crippen molar-refractivity contribution in [1.29, 1.82) is 0 Å². The van der Waals surface area contributed by atoms with Crippen LogP contribution in [-0.2, 0) is 9.59 Å². The Bertz CT molecular complexity index is 450. The molecule has 7 atom stereocenters. The van der Waals surface area contributed by atoms with Gasteiger partial charge in [0.1, 0.15) is 0 Å². The molecular weight excluding hydrogens is 278 g/mol. The first-order valence-electron chi connectivity index (χ1n) is 9.06. The summed E-state index contributed by atoms with van der Waals surface area (Å²) in [5, 5.41) is 11.6. The van der Waals surface area contributed by atoms with E-state index in [1.807, 2.05) is 0 Å². The Balaban J connectivity index is 1.64. The van der Waals surface area contributed by atoms with Gasteiger partial charge in [0.25, 0.3) is 0 Å². The Labute approximate surface area is 133 Å². The minimum atomic E-state index is -0.846. The Morgan fingerprint density at radius 3 is 2.36 bits per heavy atom. The maximum atomic E-state index is 12.4. The zero-order valence-electron chi connectivity index (χ0n) is 13.8. The monoisotopic (exact) mass is 307 g/mol. The average Bonchev–Trinajstić information content (AvgIpc) is 3.16. The summed E-state index contributed by atoms with van der Waals surface area (Å²) in [7, 11) is 0. The first-order valence-corrected chi connectivity index (χ1v) is 9.06. The Morgan fingerprint density at radius 2 is 1.73 bits per heavy atom. The molecule has 3 aliphatic rings. The van der Waals surface area contributed by atoms with E-state index in [9.17, 15) is 9.59 Å². The molecule has 3 saturated carbocycles. The fourth-order valence-corrected chi connectivity index (χ4v) is 6.12. The van der Waals surface area contributed by atoms with E-state index in [-0.39, 0.29) is 24.8 Å². The number of carboxylic acid groups (broad SMARTS) is 1. The number of hydrogen-bond acceptors (Lipinski definition) is 2. The quantitative estimate of drug-likeness (QED) is 0.793. The number of rotatable bonds is 6. The van der Waals surface area contributed by atoms with Crippen LogP contribution < -0.4 is 5.32 Å². The maximum Gasteiger partial charge on any atom is 0.305 e. The zero-order chi connectivity index (χ0) is 15.9. The van der Waals surface area contributed by atoms with Crippen molar-refractivity contribution < 1.29 is 14.7 Å². The van der Waals surface area contributed by atoms with Gasteiger partial charge < -0.3 is 10.4 Å². The summed E-state index contributed by atoms with van der Waals surface area (Å²) in [6.45, 7) is 4.89. The fraction of sp³-hybridized carbons (Fsp3) is 0.889. The SMILES string of the molecule is CCC1CC(CC)C2C3CC(CC3C(=O)NCCC(=O)O)C12. The predicted molar refractivity (Wildman–Crippen MR) is 84.1 cm³/mol. The van der Waals surface area contributed by atoms with Crippen LogP contribution in [0, 0.1) is 41.4 Å². The number of amides is 1. The Kier molecular flexibility index (Phi) is 4.47. The molecule has 0 aromatic carbocycles. The van der Waals surface area contributed by atoms with E-state index in [0.29, 0.717) is 5.92 Å². The number of carbonyl (C=O) groups excluding carboxylic acids is 1. The third-order valence-corrected chi connectivity index (χ3v) is 6.85. The van der Waals surface area contributed by atoms with Gasteiger partial charge in [0.05, 0.1) is 6.42 Å². The van der Waals surface area contributed by atoms with Crippen molar-refractivity contribution >= 4 is 11.9 Å². The second kappa shape index (κ2) is 6.21. The highest BCUT2D eigenvalue weighted by molar-refractivity contribution is 5.80.